The maximum Gasteiger partial charge on any atom is 0.255 e. The molecule has 0 heterocycles. The Morgan fingerprint density at radius 3 is 2.09 bits per heavy atom. The number of nitrogens with one attached hydrogen (secondary N) is 1. The lowest BCUT2D eigenvalue weighted by Crippen LogP contribution is -2.09. The van der Waals surface area contributed by atoms with Gasteiger partial charge in [0.1, 0.15) is 11.5 Å². The quantitative estimate of drug-likeness (QED) is 0.858. The van der Waals surface area contributed by atoms with Crippen molar-refractivity contribution in [2.24, 2.45) is 0 Å². The predicted molar refractivity (Wildman–Crippen MR) is 92.6 cm³/mol. The zero-order chi connectivity index (χ0) is 16.9. The molecule has 5 nitrogen and oxygen atoms in total. The molecule has 2 rings (SSSR count). The summed E-state index contributed by atoms with van der Waals surface area (Å²) in [6.07, 6.45) is 1.48. The van der Waals surface area contributed by atoms with Gasteiger partial charge in [-0.15, -0.1) is 0 Å². The molecule has 0 saturated carbocycles. The third-order valence-corrected chi connectivity index (χ3v) is 4.19. The van der Waals surface area contributed by atoms with Gasteiger partial charge in [0.15, 0.2) is 0 Å². The van der Waals surface area contributed by atoms with Crippen LogP contribution >= 0.6 is 11.6 Å². The largest absolute Gasteiger partial charge is 0.497 e. The van der Waals surface area contributed by atoms with Crippen molar-refractivity contribution in [2.75, 3.05) is 18.9 Å². The number of ether oxygens (including phenoxy) is 2. The Kier molecular flexibility index (Phi) is 5.52. The van der Waals surface area contributed by atoms with Crippen LogP contribution in [-0.2, 0) is 10.0 Å². The Balaban J connectivity index is 2.19. The van der Waals surface area contributed by atoms with E-state index in [-0.39, 0.29) is 0 Å². The van der Waals surface area contributed by atoms with Crippen LogP contribution in [0.15, 0.2) is 47.9 Å². The maximum absolute atomic E-state index is 12.1. The van der Waals surface area contributed by atoms with Crippen molar-refractivity contribution in [3.63, 3.8) is 0 Å². The number of rotatable bonds is 6. The zero-order valence-electron chi connectivity index (χ0n) is 12.6. The average molecular weight is 354 g/mol. The number of methoxy groups -OCH3 is 2. The summed E-state index contributed by atoms with van der Waals surface area (Å²) in [5.74, 6) is 0.979. The van der Waals surface area contributed by atoms with Crippen molar-refractivity contribution in [1.29, 1.82) is 0 Å². The zero-order valence-corrected chi connectivity index (χ0v) is 14.2. The molecular weight excluding hydrogens is 338 g/mol. The highest BCUT2D eigenvalue weighted by molar-refractivity contribution is 7.95. The lowest BCUT2D eigenvalue weighted by atomic mass is 10.2. The summed E-state index contributed by atoms with van der Waals surface area (Å²) >= 11 is 5.79. The molecule has 0 fully saturated rings. The second-order valence-electron chi connectivity index (χ2n) is 4.60. The minimum Gasteiger partial charge on any atom is -0.497 e. The van der Waals surface area contributed by atoms with Gasteiger partial charge in [-0.05, 0) is 23.8 Å². The highest BCUT2D eigenvalue weighted by Gasteiger charge is 2.08. The Labute approximate surface area is 140 Å². The first-order chi connectivity index (χ1) is 10.9. The van der Waals surface area contributed by atoms with Gasteiger partial charge >= 0.3 is 0 Å². The van der Waals surface area contributed by atoms with Crippen LogP contribution in [0.3, 0.4) is 0 Å². The van der Waals surface area contributed by atoms with Crippen LogP contribution in [0.5, 0.6) is 11.5 Å². The Hall–Kier alpha value is -2.18. The van der Waals surface area contributed by atoms with E-state index in [0.717, 1.165) is 11.0 Å². The van der Waals surface area contributed by atoms with Crippen molar-refractivity contribution in [2.45, 2.75) is 0 Å². The van der Waals surface area contributed by atoms with E-state index in [0.29, 0.717) is 22.2 Å². The molecule has 0 atom stereocenters. The normalized spacial score (nSPS) is 11.4. The number of hydrogen-bond acceptors (Lipinski definition) is 4. The highest BCUT2D eigenvalue weighted by Crippen LogP contribution is 2.26. The van der Waals surface area contributed by atoms with Crippen molar-refractivity contribution in [1.82, 2.24) is 0 Å². The van der Waals surface area contributed by atoms with Crippen molar-refractivity contribution in [3.05, 3.63) is 58.5 Å². The minimum absolute atomic E-state index is 0.349. The molecule has 0 unspecified atom stereocenters. The Morgan fingerprint density at radius 2 is 1.57 bits per heavy atom. The lowest BCUT2D eigenvalue weighted by molar-refractivity contribution is 0.395. The summed E-state index contributed by atoms with van der Waals surface area (Å²) in [6, 6.07) is 11.6. The molecule has 1 N–H and O–H groups in total. The van der Waals surface area contributed by atoms with Crippen LogP contribution in [0.2, 0.25) is 5.02 Å². The standard InChI is InChI=1S/C16H16ClNO4S/c1-21-15-9-14(10-16(11-15)22-2)18-23(19,20)8-7-12-3-5-13(17)6-4-12/h3-11,18H,1-2H3/b8-7+. The van der Waals surface area contributed by atoms with Gasteiger partial charge in [0, 0.05) is 23.2 Å². The minimum atomic E-state index is -3.67. The fourth-order valence-electron chi connectivity index (χ4n) is 1.81. The van der Waals surface area contributed by atoms with Gasteiger partial charge in [-0.25, -0.2) is 8.42 Å². The summed E-state index contributed by atoms with van der Waals surface area (Å²) in [4.78, 5) is 0. The lowest BCUT2D eigenvalue weighted by Gasteiger charge is -2.09. The molecule has 0 aromatic heterocycles. The molecule has 0 bridgehead atoms. The molecule has 0 aliphatic carbocycles. The smallest absolute Gasteiger partial charge is 0.255 e. The molecule has 0 aliphatic rings. The Bertz CT molecular complexity index is 779. The third kappa shape index (κ3) is 5.19. The number of benzene rings is 2. The predicted octanol–water partition coefficient (Wildman–Crippen LogP) is 3.77. The van der Waals surface area contributed by atoms with E-state index in [2.05, 4.69) is 4.72 Å². The number of hydrogen-bond donors (Lipinski definition) is 1. The summed E-state index contributed by atoms with van der Waals surface area (Å²) in [5.41, 5.74) is 1.07. The van der Waals surface area contributed by atoms with E-state index >= 15 is 0 Å². The van der Waals surface area contributed by atoms with E-state index in [1.807, 2.05) is 0 Å². The summed E-state index contributed by atoms with van der Waals surface area (Å²) in [7, 11) is -0.680. The maximum atomic E-state index is 12.1. The first-order valence-corrected chi connectivity index (χ1v) is 8.54. The molecule has 122 valence electrons. The molecule has 0 saturated heterocycles. The van der Waals surface area contributed by atoms with Gasteiger partial charge in [-0.2, -0.15) is 0 Å². The van der Waals surface area contributed by atoms with Crippen molar-refractivity contribution >= 4 is 33.4 Å². The fourth-order valence-corrected chi connectivity index (χ4v) is 2.78. The van der Waals surface area contributed by atoms with Gasteiger partial charge in [0.25, 0.3) is 10.0 Å². The highest BCUT2D eigenvalue weighted by atomic mass is 35.5. The Morgan fingerprint density at radius 1 is 1.00 bits per heavy atom. The molecule has 7 heteroatoms. The van der Waals surface area contributed by atoms with Gasteiger partial charge in [-0.3, -0.25) is 4.72 Å². The summed E-state index contributed by atoms with van der Waals surface area (Å²) in [6.45, 7) is 0. The second kappa shape index (κ2) is 7.39. The van der Waals surface area contributed by atoms with E-state index in [9.17, 15) is 8.42 Å². The molecule has 2 aromatic rings. The topological polar surface area (TPSA) is 64.6 Å². The van der Waals surface area contributed by atoms with E-state index in [1.165, 1.54) is 20.3 Å². The molecular formula is C16H16ClNO4S. The molecule has 0 amide bonds. The van der Waals surface area contributed by atoms with Crippen LogP contribution in [0.4, 0.5) is 5.69 Å². The second-order valence-corrected chi connectivity index (χ2v) is 6.61. The van der Waals surface area contributed by atoms with Gasteiger partial charge in [-0.1, -0.05) is 23.7 Å². The van der Waals surface area contributed by atoms with Crippen molar-refractivity contribution in [3.8, 4) is 11.5 Å². The molecule has 2 aromatic carbocycles. The monoisotopic (exact) mass is 353 g/mol. The van der Waals surface area contributed by atoms with Crippen LogP contribution in [0.25, 0.3) is 6.08 Å². The van der Waals surface area contributed by atoms with Gasteiger partial charge < -0.3 is 9.47 Å². The molecule has 0 aliphatic heterocycles. The molecule has 23 heavy (non-hydrogen) atoms. The van der Waals surface area contributed by atoms with Crippen LogP contribution in [-0.4, -0.2) is 22.6 Å². The summed E-state index contributed by atoms with van der Waals surface area (Å²) in [5, 5.41) is 1.67. The number of anilines is 1. The SMILES string of the molecule is COc1cc(NS(=O)(=O)/C=C/c2ccc(Cl)cc2)cc(OC)c1. The van der Waals surface area contributed by atoms with Crippen LogP contribution < -0.4 is 14.2 Å². The average Bonchev–Trinajstić information content (AvgIpc) is 2.53. The summed E-state index contributed by atoms with van der Waals surface area (Å²) < 4.78 is 36.9. The van der Waals surface area contributed by atoms with Gasteiger partial charge in [0.05, 0.1) is 25.3 Å². The van der Waals surface area contributed by atoms with E-state index in [4.69, 9.17) is 21.1 Å². The molecule has 0 radical (unpaired) electrons. The van der Waals surface area contributed by atoms with Crippen LogP contribution in [0.1, 0.15) is 5.56 Å². The third-order valence-electron chi connectivity index (χ3n) is 2.92. The van der Waals surface area contributed by atoms with E-state index < -0.39 is 10.0 Å². The van der Waals surface area contributed by atoms with Crippen LogP contribution in [0, 0.1) is 0 Å². The fraction of sp³-hybridized carbons (Fsp3) is 0.125. The molecule has 0 spiro atoms. The van der Waals surface area contributed by atoms with E-state index in [1.54, 1.807) is 42.5 Å². The first kappa shape index (κ1) is 17.2. The van der Waals surface area contributed by atoms with Gasteiger partial charge in [0.2, 0.25) is 0 Å². The first-order valence-electron chi connectivity index (χ1n) is 6.61. The number of sulfonamides is 1. The van der Waals surface area contributed by atoms with Crippen molar-refractivity contribution < 1.29 is 17.9 Å². The number of halogens is 1.